The Morgan fingerprint density at radius 3 is 2.71 bits per heavy atom. The number of H-pyrrole nitrogens is 1. The molecule has 73 valence electrons. The molecule has 5 nitrogen and oxygen atoms in total. The first kappa shape index (κ1) is 13.7. The standard InChI is InChI=1S/C6H7N5S.CH3.Y/c1-2-8-4(7)3-5(9-2)11-6(12)10-3;;/h1H3,(H4,7,8,9,10,11,12);1H3;/q;-1;/p-1. The van der Waals surface area contributed by atoms with Crippen LogP contribution in [0.1, 0.15) is 5.82 Å². The summed E-state index contributed by atoms with van der Waals surface area (Å²) in [6, 6.07) is 0. The number of nitrogens with one attached hydrogen (secondary N) is 1. The average molecular weight is 284 g/mol. The Morgan fingerprint density at radius 1 is 1.43 bits per heavy atom. The number of anilines is 1. The van der Waals surface area contributed by atoms with E-state index in [9.17, 15) is 0 Å². The predicted octanol–water partition coefficient (Wildman–Crippen LogP) is 0.983. The molecule has 3 N–H and O–H groups in total. The molecule has 2 heterocycles. The topological polar surface area (TPSA) is 81.7 Å². The Morgan fingerprint density at radius 2 is 2.07 bits per heavy atom. The van der Waals surface area contributed by atoms with E-state index in [2.05, 4.69) is 19.9 Å². The van der Waals surface area contributed by atoms with Gasteiger partial charge in [-0.15, -0.1) is 0 Å². The van der Waals surface area contributed by atoms with Crippen molar-refractivity contribution in [1.82, 2.24) is 19.9 Å². The smallest absolute Gasteiger partial charge is 0.134 e. The van der Waals surface area contributed by atoms with Gasteiger partial charge in [0.25, 0.3) is 0 Å². The summed E-state index contributed by atoms with van der Waals surface area (Å²) in [6.45, 7) is 1.76. The van der Waals surface area contributed by atoms with E-state index < -0.39 is 0 Å². The molecule has 0 bridgehead atoms. The van der Waals surface area contributed by atoms with Gasteiger partial charge in [-0.05, 0) is 6.92 Å². The zero-order valence-corrected chi connectivity index (χ0v) is 11.6. The summed E-state index contributed by atoms with van der Waals surface area (Å²) in [5, 5.41) is 0. The molecule has 2 aromatic rings. The number of aromatic nitrogens is 4. The molecule has 0 atom stereocenters. The zero-order chi connectivity index (χ0) is 8.72. The third kappa shape index (κ3) is 2.37. The van der Waals surface area contributed by atoms with Crippen LogP contribution in [0.3, 0.4) is 0 Å². The van der Waals surface area contributed by atoms with Crippen LogP contribution in [0.5, 0.6) is 0 Å². The molecule has 0 saturated heterocycles. The molecular formula is C7H9N5SY-2. The van der Waals surface area contributed by atoms with E-state index >= 15 is 0 Å². The van der Waals surface area contributed by atoms with Crippen molar-refractivity contribution in [2.24, 2.45) is 0 Å². The van der Waals surface area contributed by atoms with Crippen LogP contribution in [0.15, 0.2) is 0 Å². The molecule has 0 saturated carbocycles. The van der Waals surface area contributed by atoms with Crippen molar-refractivity contribution in [2.45, 2.75) is 6.92 Å². The number of hydrogen-bond acceptors (Lipinski definition) is 4. The first-order chi connectivity index (χ1) is 5.66. The molecule has 7 heteroatoms. The Hall–Kier alpha value is -0.326. The van der Waals surface area contributed by atoms with Crippen LogP contribution in [-0.2, 0) is 32.7 Å². The van der Waals surface area contributed by atoms with Crippen molar-refractivity contribution in [1.29, 1.82) is 0 Å². The van der Waals surface area contributed by atoms with E-state index in [0.29, 0.717) is 27.6 Å². The van der Waals surface area contributed by atoms with Gasteiger partial charge in [0, 0.05) is 43.9 Å². The van der Waals surface area contributed by atoms with Crippen LogP contribution in [0.2, 0.25) is 0 Å². The van der Waals surface area contributed by atoms with E-state index in [1.165, 1.54) is 0 Å². The van der Waals surface area contributed by atoms with Gasteiger partial charge in [0.05, 0.1) is 10.6 Å². The SMILES string of the molecule is Cc1nc(N)c2[nH]c(=S)[n-]c2n1.[CH3-].[Y]. The summed E-state index contributed by atoms with van der Waals surface area (Å²) in [7, 11) is 0. The van der Waals surface area contributed by atoms with Crippen LogP contribution < -0.4 is 10.7 Å². The molecule has 0 fully saturated rings. The van der Waals surface area contributed by atoms with Crippen LogP contribution in [0.25, 0.3) is 11.2 Å². The number of imidazole rings is 1. The fourth-order valence-corrected chi connectivity index (χ4v) is 1.20. The van der Waals surface area contributed by atoms with Gasteiger partial charge >= 0.3 is 0 Å². The minimum Gasteiger partial charge on any atom is -0.401 e. The van der Waals surface area contributed by atoms with Crippen molar-refractivity contribution >= 4 is 29.2 Å². The average Bonchev–Trinajstić information content (AvgIpc) is 2.29. The zero-order valence-electron chi connectivity index (χ0n) is 7.90. The Kier molecular flexibility index (Phi) is 4.84. The maximum atomic E-state index is 5.60. The number of nitrogen functional groups attached to an aromatic ring is 1. The molecule has 14 heavy (non-hydrogen) atoms. The molecule has 0 aliphatic carbocycles. The van der Waals surface area contributed by atoms with Crippen molar-refractivity contribution < 1.29 is 32.7 Å². The van der Waals surface area contributed by atoms with Crippen LogP contribution >= 0.6 is 12.2 Å². The van der Waals surface area contributed by atoms with Crippen molar-refractivity contribution in [2.75, 3.05) is 5.73 Å². The fraction of sp³-hybridized carbons (Fsp3) is 0.143. The third-order valence-corrected chi connectivity index (χ3v) is 1.66. The predicted molar refractivity (Wildman–Crippen MR) is 53.6 cm³/mol. The number of nitrogens with zero attached hydrogens (tertiary/aromatic N) is 3. The second-order valence-corrected chi connectivity index (χ2v) is 2.78. The van der Waals surface area contributed by atoms with Gasteiger partial charge in [0.15, 0.2) is 0 Å². The maximum absolute atomic E-state index is 5.60. The first-order valence-electron chi connectivity index (χ1n) is 3.33. The largest absolute Gasteiger partial charge is 0.401 e. The van der Waals surface area contributed by atoms with Gasteiger partial charge in [-0.25, -0.2) is 4.98 Å². The molecule has 2 aromatic heterocycles. The van der Waals surface area contributed by atoms with Gasteiger partial charge in [-0.2, -0.15) is 0 Å². The molecule has 0 aromatic carbocycles. The molecule has 2 rings (SSSR count). The number of aromatic amines is 1. The molecule has 0 spiro atoms. The summed E-state index contributed by atoms with van der Waals surface area (Å²) >= 11 is 4.83. The summed E-state index contributed by atoms with van der Waals surface area (Å²) in [4.78, 5) is 14.8. The molecule has 0 unspecified atom stereocenters. The number of nitrogens with two attached hydrogens (primary N) is 1. The number of fused-ring (bicyclic) bond motifs is 1. The van der Waals surface area contributed by atoms with Crippen molar-refractivity contribution in [3.05, 3.63) is 18.0 Å². The van der Waals surface area contributed by atoms with E-state index in [1.54, 1.807) is 6.92 Å². The van der Waals surface area contributed by atoms with Crippen molar-refractivity contribution in [3.63, 3.8) is 0 Å². The Balaban J connectivity index is 0.000000845. The first-order valence-corrected chi connectivity index (χ1v) is 3.74. The summed E-state index contributed by atoms with van der Waals surface area (Å²) in [6.07, 6.45) is 0. The maximum Gasteiger partial charge on any atom is 0.134 e. The van der Waals surface area contributed by atoms with Crippen LogP contribution in [0, 0.1) is 19.1 Å². The van der Waals surface area contributed by atoms with E-state index in [0.717, 1.165) is 0 Å². The summed E-state index contributed by atoms with van der Waals surface area (Å²) < 4.78 is 0.386. The van der Waals surface area contributed by atoms with Gasteiger partial charge < -0.3 is 28.1 Å². The van der Waals surface area contributed by atoms with E-state index in [1.807, 2.05) is 0 Å². The molecule has 0 amide bonds. The normalized spacial score (nSPS) is 9.21. The second kappa shape index (κ2) is 4.95. The Labute approximate surface area is 112 Å². The van der Waals surface area contributed by atoms with E-state index in [4.69, 9.17) is 18.0 Å². The molecule has 0 aliphatic heterocycles. The minimum atomic E-state index is 0. The Bertz CT molecular complexity index is 488. The molecule has 1 radical (unpaired) electrons. The minimum absolute atomic E-state index is 0. The van der Waals surface area contributed by atoms with Gasteiger partial charge in [-0.3, -0.25) is 0 Å². The second-order valence-electron chi connectivity index (χ2n) is 2.40. The van der Waals surface area contributed by atoms with Crippen LogP contribution in [-0.4, -0.2) is 15.0 Å². The van der Waals surface area contributed by atoms with Crippen LogP contribution in [0.4, 0.5) is 5.82 Å². The third-order valence-electron chi connectivity index (χ3n) is 1.47. The quantitative estimate of drug-likeness (QED) is 0.557. The monoisotopic (exact) mass is 284 g/mol. The van der Waals surface area contributed by atoms with Crippen molar-refractivity contribution in [3.8, 4) is 0 Å². The van der Waals surface area contributed by atoms with Gasteiger partial charge in [-0.1, -0.05) is 12.2 Å². The summed E-state index contributed by atoms with van der Waals surface area (Å²) in [5.74, 6) is 0.989. The van der Waals surface area contributed by atoms with Gasteiger partial charge in [0.1, 0.15) is 5.82 Å². The number of hydrogen-bond donors (Lipinski definition) is 2. The number of rotatable bonds is 0. The fourth-order valence-electron chi connectivity index (χ4n) is 1.01. The molecular weight excluding hydrogens is 275 g/mol. The summed E-state index contributed by atoms with van der Waals surface area (Å²) in [5.41, 5.74) is 6.75. The number of aryl methyl sites for hydroxylation is 1. The van der Waals surface area contributed by atoms with Gasteiger partial charge in [0.2, 0.25) is 0 Å². The molecule has 0 aliphatic rings. The van der Waals surface area contributed by atoms with E-state index in [-0.39, 0.29) is 40.1 Å².